The zero-order chi connectivity index (χ0) is 24.3. The van der Waals surface area contributed by atoms with Crippen LogP contribution < -0.4 is 14.4 Å². The number of likely N-dealkylation sites (tertiary alicyclic amines) is 1. The first kappa shape index (κ1) is 24.7. The zero-order valence-electron chi connectivity index (χ0n) is 19.3. The van der Waals surface area contributed by atoms with Crippen LogP contribution in [0.5, 0.6) is 11.5 Å². The summed E-state index contributed by atoms with van der Waals surface area (Å²) in [4.78, 5) is 4.12. The van der Waals surface area contributed by atoms with Crippen LogP contribution in [0.1, 0.15) is 19.3 Å². The smallest absolute Gasteiger partial charge is 0.165 e. The minimum Gasteiger partial charge on any atom is -0.497 e. The predicted molar refractivity (Wildman–Crippen MR) is 123 cm³/mol. The van der Waals surface area contributed by atoms with Gasteiger partial charge in [0.25, 0.3) is 0 Å². The second-order valence-electron chi connectivity index (χ2n) is 9.39. The minimum atomic E-state index is -1.67. The molecule has 0 amide bonds. The van der Waals surface area contributed by atoms with Crippen molar-refractivity contribution in [3.05, 3.63) is 54.1 Å². The second kappa shape index (κ2) is 10.0. The predicted octanol–water partition coefficient (Wildman–Crippen LogP) is 2.18. The molecule has 2 atom stereocenters. The number of hydrogen-bond acceptors (Lipinski definition) is 7. The lowest BCUT2D eigenvalue weighted by molar-refractivity contribution is -0.149. The Kier molecular flexibility index (Phi) is 7.28. The number of anilines is 1. The molecule has 0 bridgehead atoms. The highest BCUT2D eigenvalue weighted by atomic mass is 19.1. The van der Waals surface area contributed by atoms with E-state index in [0.29, 0.717) is 39.0 Å². The van der Waals surface area contributed by atoms with E-state index in [1.807, 2.05) is 29.2 Å². The Morgan fingerprint density at radius 3 is 2.41 bits per heavy atom. The molecule has 2 aromatic carbocycles. The highest BCUT2D eigenvalue weighted by molar-refractivity contribution is 5.49. The van der Waals surface area contributed by atoms with Crippen LogP contribution in [0.25, 0.3) is 0 Å². The fourth-order valence-corrected chi connectivity index (χ4v) is 4.76. The molecule has 7 nitrogen and oxygen atoms in total. The summed E-state index contributed by atoms with van der Waals surface area (Å²) in [6.07, 6.45) is 0.315. The number of halogens is 2. The van der Waals surface area contributed by atoms with Crippen LogP contribution in [0.2, 0.25) is 0 Å². The first-order valence-corrected chi connectivity index (χ1v) is 11.5. The van der Waals surface area contributed by atoms with Crippen LogP contribution >= 0.6 is 0 Å². The molecule has 0 aromatic heterocycles. The first-order chi connectivity index (χ1) is 16.2. The van der Waals surface area contributed by atoms with Crippen molar-refractivity contribution < 1.29 is 33.6 Å². The Balaban J connectivity index is 1.33. The van der Waals surface area contributed by atoms with Crippen molar-refractivity contribution in [3.8, 4) is 11.5 Å². The lowest BCUT2D eigenvalue weighted by Gasteiger charge is -2.46. The molecule has 0 spiro atoms. The number of rotatable bonds is 7. The molecule has 0 saturated carbocycles. The van der Waals surface area contributed by atoms with E-state index in [1.54, 1.807) is 7.11 Å². The lowest BCUT2D eigenvalue weighted by atomic mass is 9.86. The fourth-order valence-electron chi connectivity index (χ4n) is 4.76. The maximum atomic E-state index is 13.9. The van der Waals surface area contributed by atoms with Gasteiger partial charge in [0.1, 0.15) is 23.8 Å². The van der Waals surface area contributed by atoms with Gasteiger partial charge in [-0.15, -0.1) is 0 Å². The van der Waals surface area contributed by atoms with Gasteiger partial charge in [-0.25, -0.2) is 8.78 Å². The number of methoxy groups -OCH3 is 1. The average Bonchev–Trinajstić information content (AvgIpc) is 2.83. The maximum absolute atomic E-state index is 13.9. The third-order valence-electron chi connectivity index (χ3n) is 6.86. The maximum Gasteiger partial charge on any atom is 0.165 e. The molecule has 0 unspecified atom stereocenters. The average molecular weight is 479 g/mol. The van der Waals surface area contributed by atoms with Gasteiger partial charge < -0.3 is 29.7 Å². The Morgan fingerprint density at radius 2 is 1.74 bits per heavy atom. The van der Waals surface area contributed by atoms with Crippen molar-refractivity contribution in [2.24, 2.45) is 0 Å². The van der Waals surface area contributed by atoms with Gasteiger partial charge >= 0.3 is 0 Å². The zero-order valence-corrected chi connectivity index (χ0v) is 19.3. The normalized spacial score (nSPS) is 25.2. The Hall–Kier alpha value is -2.46. The lowest BCUT2D eigenvalue weighted by Crippen LogP contribution is -2.62. The van der Waals surface area contributed by atoms with Gasteiger partial charge in [0, 0.05) is 44.5 Å². The van der Waals surface area contributed by atoms with Gasteiger partial charge in [-0.05, 0) is 55.7 Å². The van der Waals surface area contributed by atoms with Crippen molar-refractivity contribution >= 4 is 5.69 Å². The van der Waals surface area contributed by atoms with E-state index in [9.17, 15) is 24.1 Å². The molecule has 2 aliphatic heterocycles. The number of benzene rings is 2. The number of aliphatic hydroxyl groups excluding tert-OH is 1. The number of aliphatic hydroxyl groups is 3. The number of β-amino-alcohol motifs (C(OH)–C–C–N with tert-alkyl or cyclic N) is 2. The highest BCUT2D eigenvalue weighted by Crippen LogP contribution is 2.31. The molecule has 2 aromatic rings. The quantitative estimate of drug-likeness (QED) is 0.563. The van der Waals surface area contributed by atoms with Crippen molar-refractivity contribution in [3.63, 3.8) is 0 Å². The molecular formula is C25H32F2N2O5. The second-order valence-corrected chi connectivity index (χ2v) is 9.39. The van der Waals surface area contributed by atoms with Gasteiger partial charge in [0.05, 0.1) is 18.8 Å². The molecule has 186 valence electrons. The minimum absolute atomic E-state index is 0.0512. The summed E-state index contributed by atoms with van der Waals surface area (Å²) in [5, 5.41) is 32.7. The largest absolute Gasteiger partial charge is 0.497 e. The summed E-state index contributed by atoms with van der Waals surface area (Å²) >= 11 is 0. The highest BCUT2D eigenvalue weighted by Gasteiger charge is 2.44. The third-order valence-corrected chi connectivity index (χ3v) is 6.86. The molecule has 0 aliphatic carbocycles. The van der Waals surface area contributed by atoms with Crippen LogP contribution in [0.3, 0.4) is 0 Å². The first-order valence-electron chi connectivity index (χ1n) is 11.5. The molecule has 4 rings (SSSR count). The standard InChI is InChI=1S/C25H32F2N2O5/c1-33-20-5-3-19(4-6-20)29-12-9-24(31,10-13-29)15-28-11-8-23(30)25(32,16-28)17-34-22-14-18(26)2-7-21(22)27/h2-7,14,23,30-32H,8-13,15-17H2,1H3/t23-,25-/m0/s1. The van der Waals surface area contributed by atoms with E-state index in [1.165, 1.54) is 0 Å². The van der Waals surface area contributed by atoms with Crippen molar-refractivity contribution in [2.75, 3.05) is 51.3 Å². The molecular weight excluding hydrogens is 446 g/mol. The topological polar surface area (TPSA) is 85.6 Å². The van der Waals surface area contributed by atoms with Gasteiger partial charge in [-0.2, -0.15) is 0 Å². The molecule has 2 fully saturated rings. The van der Waals surface area contributed by atoms with Crippen LogP contribution in [0.4, 0.5) is 14.5 Å². The molecule has 2 aliphatic rings. The van der Waals surface area contributed by atoms with Crippen LogP contribution in [-0.2, 0) is 0 Å². The van der Waals surface area contributed by atoms with Crippen LogP contribution in [0, 0.1) is 11.6 Å². The van der Waals surface area contributed by atoms with Gasteiger partial charge in [0.2, 0.25) is 0 Å². The van der Waals surface area contributed by atoms with E-state index in [4.69, 9.17) is 9.47 Å². The van der Waals surface area contributed by atoms with Crippen molar-refractivity contribution in [1.82, 2.24) is 4.90 Å². The number of ether oxygens (including phenoxy) is 2. The molecule has 2 saturated heterocycles. The third kappa shape index (κ3) is 5.60. The molecule has 34 heavy (non-hydrogen) atoms. The van der Waals surface area contributed by atoms with E-state index >= 15 is 0 Å². The van der Waals surface area contributed by atoms with Crippen LogP contribution in [0.15, 0.2) is 42.5 Å². The summed E-state index contributed by atoms with van der Waals surface area (Å²) in [5.74, 6) is -0.925. The number of piperidine rings is 2. The summed E-state index contributed by atoms with van der Waals surface area (Å²) in [5.41, 5.74) is -1.53. The fraction of sp³-hybridized carbons (Fsp3) is 0.520. The Labute approximate surface area is 198 Å². The SMILES string of the molecule is COc1ccc(N2CCC(O)(CN3CC[C@H](O)[C@@](O)(COc4cc(F)ccc4F)C3)CC2)cc1. The molecule has 9 heteroatoms. The summed E-state index contributed by atoms with van der Waals surface area (Å²) < 4.78 is 37.9. The van der Waals surface area contributed by atoms with Gasteiger partial charge in [-0.3, -0.25) is 4.90 Å². The van der Waals surface area contributed by atoms with Crippen molar-refractivity contribution in [1.29, 1.82) is 0 Å². The molecule has 2 heterocycles. The summed E-state index contributed by atoms with van der Waals surface area (Å²) in [6, 6.07) is 10.7. The Bertz CT molecular complexity index is 968. The monoisotopic (exact) mass is 478 g/mol. The van der Waals surface area contributed by atoms with E-state index in [0.717, 1.165) is 29.6 Å². The summed E-state index contributed by atoms with van der Waals surface area (Å²) in [7, 11) is 1.63. The summed E-state index contributed by atoms with van der Waals surface area (Å²) in [6.45, 7) is 1.87. The van der Waals surface area contributed by atoms with Gasteiger partial charge in [0.15, 0.2) is 11.6 Å². The molecule has 0 radical (unpaired) electrons. The number of hydrogen-bond donors (Lipinski definition) is 3. The van der Waals surface area contributed by atoms with Crippen molar-refractivity contribution in [2.45, 2.75) is 36.6 Å². The molecule has 3 N–H and O–H groups in total. The van der Waals surface area contributed by atoms with E-state index in [-0.39, 0.29) is 18.7 Å². The van der Waals surface area contributed by atoms with Crippen LogP contribution in [-0.4, -0.2) is 84.0 Å². The number of nitrogens with zero attached hydrogens (tertiary/aromatic N) is 2. The van der Waals surface area contributed by atoms with Gasteiger partial charge in [-0.1, -0.05) is 0 Å². The van der Waals surface area contributed by atoms with E-state index < -0.39 is 35.5 Å². The Morgan fingerprint density at radius 1 is 1.03 bits per heavy atom. The van der Waals surface area contributed by atoms with E-state index in [2.05, 4.69) is 4.90 Å².